The molecule has 0 amide bonds. The van der Waals surface area contributed by atoms with Gasteiger partial charge in [-0.3, -0.25) is 0 Å². The number of hydrogen-bond acceptors (Lipinski definition) is 4. The Kier molecular flexibility index (Phi) is 4.16. The Hall–Kier alpha value is -1.32. The molecule has 0 saturated carbocycles. The number of nitrogens with zero attached hydrogens (tertiary/aromatic N) is 3. The van der Waals surface area contributed by atoms with Gasteiger partial charge in [-0.05, 0) is 13.3 Å². The van der Waals surface area contributed by atoms with E-state index in [0.29, 0.717) is 5.69 Å². The normalized spacial score (nSPS) is 10.1. The third kappa shape index (κ3) is 2.58. The highest BCUT2D eigenvalue weighted by molar-refractivity contribution is 5.60. The van der Waals surface area contributed by atoms with Crippen LogP contribution in [0.4, 0.5) is 11.5 Å². The summed E-state index contributed by atoms with van der Waals surface area (Å²) in [5.74, 6) is 0.857. The second-order valence-corrected chi connectivity index (χ2v) is 3.23. The summed E-state index contributed by atoms with van der Waals surface area (Å²) in [5.41, 5.74) is 6.46. The molecule has 0 aliphatic carbocycles. The van der Waals surface area contributed by atoms with E-state index in [1.54, 1.807) is 12.5 Å². The van der Waals surface area contributed by atoms with Crippen LogP contribution in [-0.4, -0.2) is 23.1 Å². The van der Waals surface area contributed by atoms with Crippen molar-refractivity contribution in [2.24, 2.45) is 0 Å². The van der Waals surface area contributed by atoms with E-state index in [4.69, 9.17) is 5.73 Å². The number of nitrogen functional groups attached to an aromatic ring is 1. The van der Waals surface area contributed by atoms with Gasteiger partial charge in [0.15, 0.2) is 5.82 Å². The van der Waals surface area contributed by atoms with Gasteiger partial charge in [0.1, 0.15) is 6.33 Å². The largest absolute Gasteiger partial charge is 0.394 e. The topological polar surface area (TPSA) is 55.0 Å². The summed E-state index contributed by atoms with van der Waals surface area (Å²) in [6.07, 6.45) is 5.54. The molecule has 1 rings (SSSR count). The van der Waals surface area contributed by atoms with Crippen LogP contribution in [0.15, 0.2) is 12.5 Å². The summed E-state index contributed by atoms with van der Waals surface area (Å²) in [6.45, 7) is 6.23. The van der Waals surface area contributed by atoms with E-state index in [1.165, 1.54) is 6.42 Å². The number of nitrogens with two attached hydrogens (primary N) is 1. The predicted octanol–water partition coefficient (Wildman–Crippen LogP) is 1.69. The van der Waals surface area contributed by atoms with Gasteiger partial charge < -0.3 is 10.6 Å². The van der Waals surface area contributed by atoms with E-state index >= 15 is 0 Å². The van der Waals surface area contributed by atoms with E-state index < -0.39 is 0 Å². The van der Waals surface area contributed by atoms with Crippen molar-refractivity contribution in [1.29, 1.82) is 0 Å². The molecule has 1 aromatic heterocycles. The Morgan fingerprint density at radius 1 is 1.43 bits per heavy atom. The highest BCUT2D eigenvalue weighted by Crippen LogP contribution is 2.17. The molecule has 0 aromatic carbocycles. The molecule has 2 N–H and O–H groups in total. The standard InChI is InChI=1S/C10H18N4/c1-3-5-6-14(4-2)10-9(11)7-12-8-13-10/h7-8H,3-6,11H2,1-2H3. The van der Waals surface area contributed by atoms with Crippen molar-refractivity contribution in [2.75, 3.05) is 23.7 Å². The zero-order valence-corrected chi connectivity index (χ0v) is 8.90. The first-order chi connectivity index (χ1) is 6.79. The monoisotopic (exact) mass is 194 g/mol. The molecule has 0 atom stereocenters. The molecule has 0 radical (unpaired) electrons. The summed E-state index contributed by atoms with van der Waals surface area (Å²) >= 11 is 0. The molecular formula is C10H18N4. The van der Waals surface area contributed by atoms with Crippen LogP contribution >= 0.6 is 0 Å². The van der Waals surface area contributed by atoms with Crippen molar-refractivity contribution < 1.29 is 0 Å². The molecule has 0 unspecified atom stereocenters. The van der Waals surface area contributed by atoms with E-state index in [9.17, 15) is 0 Å². The number of rotatable bonds is 5. The fraction of sp³-hybridized carbons (Fsp3) is 0.600. The van der Waals surface area contributed by atoms with Gasteiger partial charge >= 0.3 is 0 Å². The molecule has 1 aromatic rings. The van der Waals surface area contributed by atoms with E-state index in [2.05, 4.69) is 28.7 Å². The van der Waals surface area contributed by atoms with Crippen LogP contribution in [-0.2, 0) is 0 Å². The minimum atomic E-state index is 0.658. The lowest BCUT2D eigenvalue weighted by Gasteiger charge is -2.22. The molecule has 78 valence electrons. The maximum absolute atomic E-state index is 5.80. The Bertz CT molecular complexity index is 275. The van der Waals surface area contributed by atoms with Crippen LogP contribution in [0, 0.1) is 0 Å². The SMILES string of the molecule is CCCCN(CC)c1ncncc1N. The highest BCUT2D eigenvalue weighted by atomic mass is 15.2. The molecule has 4 heteroatoms. The maximum atomic E-state index is 5.80. The quantitative estimate of drug-likeness (QED) is 0.775. The molecule has 0 aliphatic rings. The molecule has 14 heavy (non-hydrogen) atoms. The Balaban J connectivity index is 2.73. The van der Waals surface area contributed by atoms with Crippen molar-refractivity contribution in [3.8, 4) is 0 Å². The molecule has 1 heterocycles. The first-order valence-electron chi connectivity index (χ1n) is 5.10. The molecule has 0 fully saturated rings. The zero-order valence-electron chi connectivity index (χ0n) is 8.90. The van der Waals surface area contributed by atoms with Gasteiger partial charge in [-0.25, -0.2) is 9.97 Å². The summed E-state index contributed by atoms with van der Waals surface area (Å²) < 4.78 is 0. The highest BCUT2D eigenvalue weighted by Gasteiger charge is 2.07. The lowest BCUT2D eigenvalue weighted by Crippen LogP contribution is -2.25. The van der Waals surface area contributed by atoms with Crippen LogP contribution < -0.4 is 10.6 Å². The average molecular weight is 194 g/mol. The average Bonchev–Trinajstić information content (AvgIpc) is 2.21. The molecule has 0 bridgehead atoms. The number of unbranched alkanes of at least 4 members (excludes halogenated alkanes) is 1. The second kappa shape index (κ2) is 5.42. The molecule has 0 saturated heterocycles. The summed E-state index contributed by atoms with van der Waals surface area (Å²) in [4.78, 5) is 10.3. The van der Waals surface area contributed by atoms with E-state index in [0.717, 1.165) is 25.3 Å². The zero-order chi connectivity index (χ0) is 10.4. The smallest absolute Gasteiger partial charge is 0.155 e. The number of aromatic nitrogens is 2. The third-order valence-corrected chi connectivity index (χ3v) is 2.18. The van der Waals surface area contributed by atoms with E-state index in [-0.39, 0.29) is 0 Å². The number of anilines is 2. The minimum absolute atomic E-state index is 0.658. The summed E-state index contributed by atoms with van der Waals surface area (Å²) in [7, 11) is 0. The van der Waals surface area contributed by atoms with Crippen LogP contribution in [0.3, 0.4) is 0 Å². The van der Waals surface area contributed by atoms with Gasteiger partial charge in [-0.2, -0.15) is 0 Å². The lowest BCUT2D eigenvalue weighted by atomic mass is 10.3. The second-order valence-electron chi connectivity index (χ2n) is 3.23. The maximum Gasteiger partial charge on any atom is 0.155 e. The summed E-state index contributed by atoms with van der Waals surface area (Å²) in [5, 5.41) is 0. The van der Waals surface area contributed by atoms with Gasteiger partial charge in [0, 0.05) is 13.1 Å². The van der Waals surface area contributed by atoms with Crippen molar-refractivity contribution >= 4 is 11.5 Å². The van der Waals surface area contributed by atoms with Gasteiger partial charge in [0.05, 0.1) is 11.9 Å². The molecule has 4 nitrogen and oxygen atoms in total. The van der Waals surface area contributed by atoms with Gasteiger partial charge in [-0.1, -0.05) is 13.3 Å². The van der Waals surface area contributed by atoms with Crippen molar-refractivity contribution in [1.82, 2.24) is 9.97 Å². The van der Waals surface area contributed by atoms with Crippen molar-refractivity contribution in [3.63, 3.8) is 0 Å². The lowest BCUT2D eigenvalue weighted by molar-refractivity contribution is 0.724. The predicted molar refractivity (Wildman–Crippen MR) is 59.2 cm³/mol. The van der Waals surface area contributed by atoms with Gasteiger partial charge in [0.25, 0.3) is 0 Å². The molecular weight excluding hydrogens is 176 g/mol. The molecule has 0 aliphatic heterocycles. The number of hydrogen-bond donors (Lipinski definition) is 1. The van der Waals surface area contributed by atoms with Crippen LogP contribution in [0.2, 0.25) is 0 Å². The van der Waals surface area contributed by atoms with Crippen LogP contribution in [0.1, 0.15) is 26.7 Å². The summed E-state index contributed by atoms with van der Waals surface area (Å²) in [6, 6.07) is 0. The Labute approximate surface area is 85.2 Å². The van der Waals surface area contributed by atoms with Crippen molar-refractivity contribution in [3.05, 3.63) is 12.5 Å². The first-order valence-corrected chi connectivity index (χ1v) is 5.10. The fourth-order valence-electron chi connectivity index (χ4n) is 1.36. The Morgan fingerprint density at radius 2 is 2.21 bits per heavy atom. The third-order valence-electron chi connectivity index (χ3n) is 2.18. The van der Waals surface area contributed by atoms with Crippen LogP contribution in [0.25, 0.3) is 0 Å². The van der Waals surface area contributed by atoms with Crippen molar-refractivity contribution in [2.45, 2.75) is 26.7 Å². The first kappa shape index (κ1) is 10.8. The van der Waals surface area contributed by atoms with E-state index in [1.807, 2.05) is 0 Å². The van der Waals surface area contributed by atoms with Gasteiger partial charge in [-0.15, -0.1) is 0 Å². The molecule has 0 spiro atoms. The minimum Gasteiger partial charge on any atom is -0.394 e. The Morgan fingerprint density at radius 3 is 2.79 bits per heavy atom. The van der Waals surface area contributed by atoms with Crippen LogP contribution in [0.5, 0.6) is 0 Å². The fourth-order valence-corrected chi connectivity index (χ4v) is 1.36. The van der Waals surface area contributed by atoms with Gasteiger partial charge in [0.2, 0.25) is 0 Å².